The van der Waals surface area contributed by atoms with E-state index in [9.17, 15) is 17.6 Å². The van der Waals surface area contributed by atoms with Crippen LogP contribution in [0.25, 0.3) is 11.1 Å². The zero-order valence-corrected chi connectivity index (χ0v) is 10.1. The number of halogens is 4. The first-order chi connectivity index (χ1) is 8.79. The Morgan fingerprint density at radius 3 is 2.37 bits per heavy atom. The van der Waals surface area contributed by atoms with E-state index >= 15 is 0 Å². The molecular weight excluding hydrogens is 258 g/mol. The number of nitrogen functional groups attached to an aromatic ring is 1. The second-order valence-electron chi connectivity index (χ2n) is 4.27. The van der Waals surface area contributed by atoms with Crippen molar-refractivity contribution in [3.05, 3.63) is 53.3 Å². The highest BCUT2D eigenvalue weighted by molar-refractivity contribution is 5.70. The van der Waals surface area contributed by atoms with Crippen LogP contribution in [0.5, 0.6) is 0 Å². The van der Waals surface area contributed by atoms with Crippen LogP contribution in [0.1, 0.15) is 11.1 Å². The van der Waals surface area contributed by atoms with Crippen LogP contribution >= 0.6 is 0 Å². The van der Waals surface area contributed by atoms with Crippen LogP contribution in [0.2, 0.25) is 0 Å². The predicted octanol–water partition coefficient (Wildman–Crippen LogP) is 4.40. The van der Waals surface area contributed by atoms with E-state index in [1.807, 2.05) is 0 Å². The average Bonchev–Trinajstić information content (AvgIpc) is 2.33. The Labute approximate surface area is 107 Å². The molecule has 19 heavy (non-hydrogen) atoms. The van der Waals surface area contributed by atoms with Crippen LogP contribution in [-0.2, 0) is 6.18 Å². The molecule has 0 aliphatic heterocycles. The molecule has 0 aliphatic rings. The van der Waals surface area contributed by atoms with Crippen LogP contribution in [0, 0.1) is 12.7 Å². The van der Waals surface area contributed by atoms with Crippen LogP contribution < -0.4 is 5.73 Å². The minimum absolute atomic E-state index is 0.0641. The summed E-state index contributed by atoms with van der Waals surface area (Å²) in [6.45, 7) is 1.63. The Balaban J connectivity index is 2.57. The van der Waals surface area contributed by atoms with Crippen molar-refractivity contribution in [1.29, 1.82) is 0 Å². The number of nitrogens with two attached hydrogens (primary N) is 1. The first-order valence-electron chi connectivity index (χ1n) is 5.52. The maximum absolute atomic E-state index is 13.8. The molecule has 2 rings (SSSR count). The third-order valence-electron chi connectivity index (χ3n) is 2.86. The normalized spacial score (nSPS) is 11.6. The Kier molecular flexibility index (Phi) is 3.22. The van der Waals surface area contributed by atoms with Gasteiger partial charge in [-0.25, -0.2) is 4.39 Å². The molecule has 0 saturated carbocycles. The van der Waals surface area contributed by atoms with Crippen molar-refractivity contribution in [3.8, 4) is 11.1 Å². The molecule has 0 saturated heterocycles. The molecule has 0 unspecified atom stereocenters. The smallest absolute Gasteiger partial charge is 0.398 e. The third-order valence-corrected chi connectivity index (χ3v) is 2.86. The SMILES string of the molecule is Cc1cc(F)c(-c2cccc(C(F)(F)F)c2)cc1N. The molecular formula is C14H11F4N. The van der Waals surface area contributed by atoms with Crippen molar-refractivity contribution >= 4 is 5.69 Å². The zero-order chi connectivity index (χ0) is 14.2. The molecule has 0 fully saturated rings. The van der Waals surface area contributed by atoms with Gasteiger partial charge in [0.1, 0.15) is 5.82 Å². The first-order valence-corrected chi connectivity index (χ1v) is 5.52. The van der Waals surface area contributed by atoms with Gasteiger partial charge < -0.3 is 5.73 Å². The lowest BCUT2D eigenvalue weighted by atomic mass is 10.00. The van der Waals surface area contributed by atoms with E-state index in [0.717, 1.165) is 12.1 Å². The van der Waals surface area contributed by atoms with Crippen molar-refractivity contribution in [3.63, 3.8) is 0 Å². The van der Waals surface area contributed by atoms with Gasteiger partial charge in [-0.15, -0.1) is 0 Å². The van der Waals surface area contributed by atoms with Crippen LogP contribution in [0.4, 0.5) is 23.2 Å². The van der Waals surface area contributed by atoms with E-state index in [-0.39, 0.29) is 11.1 Å². The largest absolute Gasteiger partial charge is 0.416 e. The maximum Gasteiger partial charge on any atom is 0.416 e. The van der Waals surface area contributed by atoms with Crippen molar-refractivity contribution in [1.82, 2.24) is 0 Å². The molecule has 5 heteroatoms. The van der Waals surface area contributed by atoms with E-state index in [0.29, 0.717) is 11.3 Å². The summed E-state index contributed by atoms with van der Waals surface area (Å²) in [4.78, 5) is 0. The highest BCUT2D eigenvalue weighted by Gasteiger charge is 2.30. The fraction of sp³-hybridized carbons (Fsp3) is 0.143. The van der Waals surface area contributed by atoms with Gasteiger partial charge in [0.05, 0.1) is 5.56 Å². The molecule has 0 amide bonds. The fourth-order valence-corrected chi connectivity index (χ4v) is 1.77. The second kappa shape index (κ2) is 4.57. The fourth-order valence-electron chi connectivity index (χ4n) is 1.77. The highest BCUT2D eigenvalue weighted by Crippen LogP contribution is 2.33. The van der Waals surface area contributed by atoms with Gasteiger partial charge in [0.15, 0.2) is 0 Å². The van der Waals surface area contributed by atoms with Crippen LogP contribution in [-0.4, -0.2) is 0 Å². The first kappa shape index (κ1) is 13.4. The molecule has 0 heterocycles. The molecule has 2 N–H and O–H groups in total. The number of hydrogen-bond donors (Lipinski definition) is 1. The summed E-state index contributed by atoms with van der Waals surface area (Å²) in [6.07, 6.45) is -4.46. The average molecular weight is 269 g/mol. The molecule has 2 aromatic carbocycles. The second-order valence-corrected chi connectivity index (χ2v) is 4.27. The molecule has 0 spiro atoms. The zero-order valence-electron chi connectivity index (χ0n) is 10.1. The van der Waals surface area contributed by atoms with Gasteiger partial charge in [0.2, 0.25) is 0 Å². The quantitative estimate of drug-likeness (QED) is 0.602. The topological polar surface area (TPSA) is 26.0 Å². The van der Waals surface area contributed by atoms with Crippen molar-refractivity contribution < 1.29 is 17.6 Å². The van der Waals surface area contributed by atoms with E-state index in [1.54, 1.807) is 6.92 Å². The van der Waals surface area contributed by atoms with Crippen molar-refractivity contribution in [2.24, 2.45) is 0 Å². The molecule has 0 radical (unpaired) electrons. The minimum atomic E-state index is -4.46. The summed E-state index contributed by atoms with van der Waals surface area (Å²) in [5.74, 6) is -0.592. The summed E-state index contributed by atoms with van der Waals surface area (Å²) >= 11 is 0. The molecule has 0 bridgehead atoms. The van der Waals surface area contributed by atoms with Gasteiger partial charge in [0.25, 0.3) is 0 Å². The van der Waals surface area contributed by atoms with E-state index in [1.165, 1.54) is 24.3 Å². The van der Waals surface area contributed by atoms with E-state index in [2.05, 4.69) is 0 Å². The molecule has 100 valence electrons. The lowest BCUT2D eigenvalue weighted by molar-refractivity contribution is -0.137. The highest BCUT2D eigenvalue weighted by atomic mass is 19.4. The van der Waals surface area contributed by atoms with Gasteiger partial charge in [0, 0.05) is 11.3 Å². The lowest BCUT2D eigenvalue weighted by Gasteiger charge is -2.11. The standard InChI is InChI=1S/C14H11F4N/c1-8-5-12(15)11(7-13(8)19)9-3-2-4-10(6-9)14(16,17)18/h2-7H,19H2,1H3. The predicted molar refractivity (Wildman–Crippen MR) is 66.0 cm³/mol. The Bertz CT molecular complexity index is 617. The van der Waals surface area contributed by atoms with Gasteiger partial charge in [-0.2, -0.15) is 13.2 Å². The summed E-state index contributed by atoms with van der Waals surface area (Å²) < 4.78 is 51.6. The summed E-state index contributed by atoms with van der Waals surface area (Å²) in [7, 11) is 0. The van der Waals surface area contributed by atoms with Crippen molar-refractivity contribution in [2.45, 2.75) is 13.1 Å². The molecule has 0 aliphatic carbocycles. The summed E-state index contributed by atoms with van der Waals surface area (Å²) in [5, 5.41) is 0. The Morgan fingerprint density at radius 1 is 1.05 bits per heavy atom. The minimum Gasteiger partial charge on any atom is -0.398 e. The number of benzene rings is 2. The molecule has 1 nitrogen and oxygen atoms in total. The maximum atomic E-state index is 13.8. The number of aryl methyl sites for hydroxylation is 1. The van der Waals surface area contributed by atoms with Crippen LogP contribution in [0.3, 0.4) is 0 Å². The van der Waals surface area contributed by atoms with Gasteiger partial charge in [-0.3, -0.25) is 0 Å². The number of alkyl halides is 3. The van der Waals surface area contributed by atoms with Crippen molar-refractivity contribution in [2.75, 3.05) is 5.73 Å². The van der Waals surface area contributed by atoms with Gasteiger partial charge >= 0.3 is 6.18 Å². The Hall–Kier alpha value is -2.04. The monoisotopic (exact) mass is 269 g/mol. The van der Waals surface area contributed by atoms with E-state index < -0.39 is 17.6 Å². The molecule has 0 aromatic heterocycles. The molecule has 2 aromatic rings. The lowest BCUT2D eigenvalue weighted by Crippen LogP contribution is -2.04. The third kappa shape index (κ3) is 2.70. The number of anilines is 1. The van der Waals surface area contributed by atoms with Gasteiger partial charge in [-0.05, 0) is 42.3 Å². The Morgan fingerprint density at radius 2 is 1.74 bits per heavy atom. The van der Waals surface area contributed by atoms with E-state index in [4.69, 9.17) is 5.73 Å². The van der Waals surface area contributed by atoms with Crippen LogP contribution in [0.15, 0.2) is 36.4 Å². The summed E-state index contributed by atoms with van der Waals surface area (Å²) in [6, 6.07) is 7.08. The molecule has 0 atom stereocenters. The summed E-state index contributed by atoms with van der Waals surface area (Å²) in [5.41, 5.74) is 5.95. The number of rotatable bonds is 1. The van der Waals surface area contributed by atoms with Gasteiger partial charge in [-0.1, -0.05) is 12.1 Å². The number of hydrogen-bond acceptors (Lipinski definition) is 1.